The van der Waals surface area contributed by atoms with E-state index in [9.17, 15) is 8.42 Å². The van der Waals surface area contributed by atoms with Crippen LogP contribution >= 0.6 is 0 Å². The van der Waals surface area contributed by atoms with Crippen molar-refractivity contribution >= 4 is 16.0 Å². The van der Waals surface area contributed by atoms with Gasteiger partial charge in [-0.25, -0.2) is 8.42 Å². The highest BCUT2D eigenvalue weighted by Gasteiger charge is 2.28. The van der Waals surface area contributed by atoms with Gasteiger partial charge >= 0.3 is 0 Å². The molecule has 0 aromatic rings. The number of sulfonamides is 1. The third-order valence-electron chi connectivity index (χ3n) is 4.81. The van der Waals surface area contributed by atoms with Gasteiger partial charge in [-0.15, -0.1) is 0 Å². The van der Waals surface area contributed by atoms with Gasteiger partial charge in [0.25, 0.3) is 0 Å². The predicted molar refractivity (Wildman–Crippen MR) is 112 cm³/mol. The van der Waals surface area contributed by atoms with Crippen LogP contribution in [0, 0.1) is 0 Å². The predicted octanol–water partition coefficient (Wildman–Crippen LogP) is 1.06. The van der Waals surface area contributed by atoms with Crippen molar-refractivity contribution in [1.82, 2.24) is 14.5 Å². The first-order valence-electron chi connectivity index (χ1n) is 10.3. The summed E-state index contributed by atoms with van der Waals surface area (Å²) in [6.07, 6.45) is 4.13. The third-order valence-corrected chi connectivity index (χ3v) is 6.65. The van der Waals surface area contributed by atoms with Gasteiger partial charge in [-0.2, -0.15) is 4.31 Å². The topological polar surface area (TPSA) is 83.5 Å². The van der Waals surface area contributed by atoms with Crippen molar-refractivity contribution in [3.8, 4) is 0 Å². The lowest BCUT2D eigenvalue weighted by molar-refractivity contribution is 0.0904. The van der Waals surface area contributed by atoms with E-state index in [1.54, 1.807) is 4.31 Å². The lowest BCUT2D eigenvalue weighted by Gasteiger charge is -2.36. The summed E-state index contributed by atoms with van der Waals surface area (Å²) in [5.74, 6) is 0.911. The molecule has 0 saturated carbocycles. The fourth-order valence-corrected chi connectivity index (χ4v) is 4.50. The zero-order chi connectivity index (χ0) is 20.4. The molecule has 1 N–H and O–H groups in total. The van der Waals surface area contributed by atoms with E-state index in [0.29, 0.717) is 32.8 Å². The van der Waals surface area contributed by atoms with Crippen molar-refractivity contribution in [2.24, 2.45) is 4.99 Å². The van der Waals surface area contributed by atoms with Crippen LogP contribution in [0.25, 0.3) is 0 Å². The largest absolute Gasteiger partial charge is 0.378 e. The van der Waals surface area contributed by atoms with Crippen molar-refractivity contribution in [2.75, 3.05) is 64.8 Å². The first-order valence-corrected chi connectivity index (χ1v) is 11.9. The first-order chi connectivity index (χ1) is 13.4. The average Bonchev–Trinajstić information content (AvgIpc) is 2.68. The molecule has 162 valence electrons. The number of hydrogen-bond donors (Lipinski definition) is 1. The second kappa shape index (κ2) is 11.7. The van der Waals surface area contributed by atoms with E-state index in [1.807, 2.05) is 20.8 Å². The van der Waals surface area contributed by atoms with Gasteiger partial charge in [0.2, 0.25) is 10.0 Å². The van der Waals surface area contributed by atoms with E-state index in [4.69, 9.17) is 14.5 Å². The zero-order valence-corrected chi connectivity index (χ0v) is 18.3. The molecule has 0 aromatic heterocycles. The monoisotopic (exact) mass is 416 g/mol. The first kappa shape index (κ1) is 23.1. The molecule has 1 fully saturated rings. The molecule has 2 rings (SSSR count). The number of piperazine rings is 1. The Labute approximate surface area is 170 Å². The molecule has 0 bridgehead atoms. The molecule has 0 amide bonds. The average molecular weight is 417 g/mol. The molecule has 2 aliphatic heterocycles. The van der Waals surface area contributed by atoms with Crippen molar-refractivity contribution in [3.63, 3.8) is 0 Å². The second-order valence-corrected chi connectivity index (χ2v) is 9.38. The number of hydrogen-bond acceptors (Lipinski definition) is 5. The van der Waals surface area contributed by atoms with Crippen LogP contribution in [0.3, 0.4) is 0 Å². The van der Waals surface area contributed by atoms with Crippen molar-refractivity contribution < 1.29 is 17.9 Å². The normalized spacial score (nSPS) is 19.8. The number of rotatable bonds is 9. The second-order valence-electron chi connectivity index (χ2n) is 7.29. The molecule has 2 heterocycles. The zero-order valence-electron chi connectivity index (χ0n) is 17.5. The molecular weight excluding hydrogens is 380 g/mol. The summed E-state index contributed by atoms with van der Waals surface area (Å²) in [5, 5.41) is 3.33. The lowest BCUT2D eigenvalue weighted by atomic mass is 10.1. The summed E-state index contributed by atoms with van der Waals surface area (Å²) < 4.78 is 37.3. The van der Waals surface area contributed by atoms with E-state index in [1.165, 1.54) is 5.57 Å². The van der Waals surface area contributed by atoms with Crippen LogP contribution in [0.2, 0.25) is 0 Å². The fraction of sp³-hybridized carbons (Fsp3) is 0.842. The van der Waals surface area contributed by atoms with Gasteiger partial charge in [-0.1, -0.05) is 11.6 Å². The molecule has 0 aliphatic carbocycles. The summed E-state index contributed by atoms with van der Waals surface area (Å²) in [7, 11) is -3.27. The molecule has 0 radical (unpaired) electrons. The van der Waals surface area contributed by atoms with Gasteiger partial charge in [-0.3, -0.25) is 4.99 Å². The molecule has 0 atom stereocenters. The smallest absolute Gasteiger partial charge is 0.216 e. The maximum Gasteiger partial charge on any atom is 0.216 e. The lowest BCUT2D eigenvalue weighted by Crippen LogP contribution is -2.54. The Bertz CT molecular complexity index is 626. The Morgan fingerprint density at radius 3 is 2.68 bits per heavy atom. The number of nitrogens with zero attached hydrogens (tertiary/aromatic N) is 3. The fourth-order valence-electron chi connectivity index (χ4n) is 3.22. The third kappa shape index (κ3) is 7.69. The molecule has 28 heavy (non-hydrogen) atoms. The Balaban J connectivity index is 1.83. The molecule has 0 aromatic carbocycles. The maximum absolute atomic E-state index is 12.5. The van der Waals surface area contributed by atoms with Crippen molar-refractivity contribution in [2.45, 2.75) is 39.7 Å². The van der Waals surface area contributed by atoms with Crippen LogP contribution in [0.5, 0.6) is 0 Å². The molecule has 0 spiro atoms. The molecule has 9 heteroatoms. The van der Waals surface area contributed by atoms with Gasteiger partial charge in [0.1, 0.15) is 0 Å². The van der Waals surface area contributed by atoms with Crippen LogP contribution < -0.4 is 5.32 Å². The van der Waals surface area contributed by atoms with E-state index in [0.717, 1.165) is 38.5 Å². The molecule has 1 saturated heterocycles. The Morgan fingerprint density at radius 2 is 2.07 bits per heavy atom. The molecule has 2 aliphatic rings. The summed E-state index contributed by atoms with van der Waals surface area (Å²) in [4.78, 5) is 6.90. The van der Waals surface area contributed by atoms with Crippen LogP contribution in [-0.4, -0.2) is 94.5 Å². The van der Waals surface area contributed by atoms with Gasteiger partial charge in [-0.05, 0) is 33.6 Å². The van der Waals surface area contributed by atoms with Crippen LogP contribution in [-0.2, 0) is 19.5 Å². The van der Waals surface area contributed by atoms with Crippen molar-refractivity contribution in [3.05, 3.63) is 11.6 Å². The SMILES string of the molecule is CCNC(=NCCC1=CCOCC1)N1CCN(S(=O)(=O)CCOC(C)C)CC1. The summed E-state index contributed by atoms with van der Waals surface area (Å²) >= 11 is 0. The number of nitrogens with one attached hydrogen (secondary N) is 1. The highest BCUT2D eigenvalue weighted by atomic mass is 32.2. The van der Waals surface area contributed by atoms with E-state index < -0.39 is 10.0 Å². The Morgan fingerprint density at radius 1 is 1.32 bits per heavy atom. The number of ether oxygens (including phenoxy) is 2. The Hall–Kier alpha value is -1.16. The van der Waals surface area contributed by atoms with Crippen LogP contribution in [0.1, 0.15) is 33.6 Å². The summed E-state index contributed by atoms with van der Waals surface area (Å²) in [6, 6.07) is 0. The standard InChI is InChI=1S/C19H36N4O4S/c1-4-20-19(21-8-5-18-6-13-26-14-7-18)22-9-11-23(12-10-22)28(24,25)16-15-27-17(2)3/h6,17H,4-5,7-16H2,1-3H3,(H,20,21). The number of guanidine groups is 1. The quantitative estimate of drug-likeness (QED) is 0.344. The maximum atomic E-state index is 12.5. The highest BCUT2D eigenvalue weighted by Crippen LogP contribution is 2.12. The minimum Gasteiger partial charge on any atom is -0.378 e. The molecule has 8 nitrogen and oxygen atoms in total. The minimum absolute atomic E-state index is 0.0398. The van der Waals surface area contributed by atoms with Crippen LogP contribution in [0.15, 0.2) is 16.6 Å². The van der Waals surface area contributed by atoms with E-state index >= 15 is 0 Å². The molecular formula is C19H36N4O4S. The van der Waals surface area contributed by atoms with Gasteiger partial charge in [0.05, 0.1) is 31.7 Å². The summed E-state index contributed by atoms with van der Waals surface area (Å²) in [6.45, 7) is 11.4. The summed E-state index contributed by atoms with van der Waals surface area (Å²) in [5.41, 5.74) is 1.41. The van der Waals surface area contributed by atoms with Crippen LogP contribution in [0.4, 0.5) is 0 Å². The minimum atomic E-state index is -3.27. The van der Waals surface area contributed by atoms with Gasteiger partial charge in [0, 0.05) is 39.3 Å². The highest BCUT2D eigenvalue weighted by molar-refractivity contribution is 7.89. The van der Waals surface area contributed by atoms with Gasteiger partial charge in [0.15, 0.2) is 5.96 Å². The van der Waals surface area contributed by atoms with E-state index in [2.05, 4.69) is 16.3 Å². The Kier molecular flexibility index (Phi) is 9.70. The number of aliphatic imine (C=N–C) groups is 1. The molecule has 0 unspecified atom stereocenters. The van der Waals surface area contributed by atoms with Crippen molar-refractivity contribution in [1.29, 1.82) is 0 Å². The van der Waals surface area contributed by atoms with E-state index in [-0.39, 0.29) is 18.5 Å². The van der Waals surface area contributed by atoms with Gasteiger partial charge < -0.3 is 19.7 Å².